The smallest absolute Gasteiger partial charge is 0.102 e. The van der Waals surface area contributed by atoms with E-state index in [9.17, 15) is 10.2 Å². The van der Waals surface area contributed by atoms with Crippen molar-refractivity contribution in [2.45, 2.75) is 36.9 Å². The second-order valence-electron chi connectivity index (χ2n) is 6.31. The minimum Gasteiger partial charge on any atom is -0.386 e. The van der Waals surface area contributed by atoms with Gasteiger partial charge in [-0.3, -0.25) is 0 Å². The molecule has 0 heterocycles. The molecule has 0 spiro atoms. The molecule has 0 saturated heterocycles. The standard InChI is InChI=1S/C18H18O2/c19-17(9-13-5-1-2-6-14(13)10-17)18(20)11-15-7-3-4-8-16(15)12-18/h1-8,19-20H,9-12H2. The van der Waals surface area contributed by atoms with E-state index in [-0.39, 0.29) is 0 Å². The summed E-state index contributed by atoms with van der Waals surface area (Å²) in [6.45, 7) is 0. The van der Waals surface area contributed by atoms with E-state index in [0.29, 0.717) is 25.7 Å². The van der Waals surface area contributed by atoms with Gasteiger partial charge in [-0.25, -0.2) is 0 Å². The second-order valence-corrected chi connectivity index (χ2v) is 6.31. The van der Waals surface area contributed by atoms with Crippen molar-refractivity contribution in [1.29, 1.82) is 0 Å². The highest BCUT2D eigenvalue weighted by Gasteiger charge is 2.54. The van der Waals surface area contributed by atoms with Gasteiger partial charge in [0, 0.05) is 25.7 Å². The number of rotatable bonds is 1. The molecule has 2 nitrogen and oxygen atoms in total. The van der Waals surface area contributed by atoms with Crippen LogP contribution in [0.3, 0.4) is 0 Å². The lowest BCUT2D eigenvalue weighted by atomic mass is 9.78. The summed E-state index contributed by atoms with van der Waals surface area (Å²) in [5.74, 6) is 0. The van der Waals surface area contributed by atoms with Crippen LogP contribution in [0, 0.1) is 0 Å². The summed E-state index contributed by atoms with van der Waals surface area (Å²) < 4.78 is 0. The van der Waals surface area contributed by atoms with Gasteiger partial charge < -0.3 is 10.2 Å². The highest BCUT2D eigenvalue weighted by molar-refractivity contribution is 5.42. The Kier molecular flexibility index (Phi) is 2.39. The van der Waals surface area contributed by atoms with E-state index in [1.165, 1.54) is 22.3 Å². The number of benzene rings is 2. The molecule has 2 aliphatic rings. The molecule has 0 unspecified atom stereocenters. The first-order valence-electron chi connectivity index (χ1n) is 7.18. The van der Waals surface area contributed by atoms with Gasteiger partial charge in [-0.2, -0.15) is 0 Å². The molecule has 2 aromatic carbocycles. The third kappa shape index (κ3) is 1.58. The maximum Gasteiger partial charge on any atom is 0.102 e. The summed E-state index contributed by atoms with van der Waals surface area (Å²) >= 11 is 0. The van der Waals surface area contributed by atoms with Gasteiger partial charge in [-0.1, -0.05) is 48.5 Å². The zero-order valence-electron chi connectivity index (χ0n) is 11.3. The topological polar surface area (TPSA) is 40.5 Å². The molecule has 0 amide bonds. The van der Waals surface area contributed by atoms with Crippen LogP contribution < -0.4 is 0 Å². The van der Waals surface area contributed by atoms with Crippen molar-refractivity contribution in [2.75, 3.05) is 0 Å². The number of aliphatic hydroxyl groups is 2. The fraction of sp³-hybridized carbons (Fsp3) is 0.333. The third-order valence-electron chi connectivity index (χ3n) is 5.03. The number of hydrogen-bond donors (Lipinski definition) is 2. The number of hydrogen-bond acceptors (Lipinski definition) is 2. The minimum absolute atomic E-state index is 0.549. The predicted molar refractivity (Wildman–Crippen MR) is 77.6 cm³/mol. The van der Waals surface area contributed by atoms with E-state index >= 15 is 0 Å². The van der Waals surface area contributed by atoms with Crippen molar-refractivity contribution in [3.05, 3.63) is 70.8 Å². The monoisotopic (exact) mass is 266 g/mol. The van der Waals surface area contributed by atoms with E-state index in [2.05, 4.69) is 24.3 Å². The van der Waals surface area contributed by atoms with Crippen LogP contribution >= 0.6 is 0 Å². The molecule has 0 bridgehead atoms. The lowest BCUT2D eigenvalue weighted by molar-refractivity contribution is -0.140. The zero-order chi connectivity index (χ0) is 13.8. The van der Waals surface area contributed by atoms with E-state index < -0.39 is 11.2 Å². The van der Waals surface area contributed by atoms with Gasteiger partial charge in [0.25, 0.3) is 0 Å². The fourth-order valence-corrected chi connectivity index (χ4v) is 3.85. The Balaban J connectivity index is 1.70. The molecule has 0 aliphatic heterocycles. The van der Waals surface area contributed by atoms with Crippen LogP contribution in [-0.2, 0) is 25.7 Å². The largest absolute Gasteiger partial charge is 0.386 e. The molecular weight excluding hydrogens is 248 g/mol. The van der Waals surface area contributed by atoms with Gasteiger partial charge >= 0.3 is 0 Å². The Morgan fingerprint density at radius 2 is 0.800 bits per heavy atom. The summed E-state index contributed by atoms with van der Waals surface area (Å²) in [5, 5.41) is 22.2. The summed E-state index contributed by atoms with van der Waals surface area (Å²) in [6.07, 6.45) is 2.20. The summed E-state index contributed by atoms with van der Waals surface area (Å²) in [6, 6.07) is 16.2. The van der Waals surface area contributed by atoms with Crippen LogP contribution in [0.1, 0.15) is 22.3 Å². The molecule has 2 heteroatoms. The zero-order valence-corrected chi connectivity index (χ0v) is 11.3. The van der Waals surface area contributed by atoms with Crippen LogP contribution in [0.25, 0.3) is 0 Å². The minimum atomic E-state index is -1.05. The molecule has 2 N–H and O–H groups in total. The molecule has 2 aliphatic carbocycles. The van der Waals surface area contributed by atoms with Gasteiger partial charge in [0.15, 0.2) is 0 Å². The lowest BCUT2D eigenvalue weighted by Gasteiger charge is -2.38. The van der Waals surface area contributed by atoms with Crippen LogP contribution in [0.15, 0.2) is 48.5 Å². The molecule has 0 aromatic heterocycles. The molecule has 4 rings (SSSR count). The SMILES string of the molecule is OC1(C2(O)Cc3ccccc3C2)Cc2ccccc2C1. The average Bonchev–Trinajstić information content (AvgIpc) is 2.96. The van der Waals surface area contributed by atoms with Gasteiger partial charge in [0.2, 0.25) is 0 Å². The summed E-state index contributed by atoms with van der Waals surface area (Å²) in [4.78, 5) is 0. The molecule has 0 atom stereocenters. The van der Waals surface area contributed by atoms with Crippen molar-refractivity contribution in [1.82, 2.24) is 0 Å². The first kappa shape index (κ1) is 12.1. The fourth-order valence-electron chi connectivity index (χ4n) is 3.85. The van der Waals surface area contributed by atoms with Gasteiger partial charge in [-0.15, -0.1) is 0 Å². The second kappa shape index (κ2) is 3.94. The Bertz CT molecular complexity index is 565. The Hall–Kier alpha value is -1.64. The van der Waals surface area contributed by atoms with E-state index in [1.54, 1.807) is 0 Å². The normalized spacial score (nSPS) is 21.5. The maximum atomic E-state index is 11.1. The summed E-state index contributed by atoms with van der Waals surface area (Å²) in [7, 11) is 0. The van der Waals surface area contributed by atoms with Crippen LogP contribution in [0.4, 0.5) is 0 Å². The Labute approximate surface area is 118 Å². The van der Waals surface area contributed by atoms with Crippen LogP contribution in [-0.4, -0.2) is 21.4 Å². The first-order valence-corrected chi connectivity index (χ1v) is 7.18. The molecule has 0 radical (unpaired) electrons. The Morgan fingerprint density at radius 1 is 0.550 bits per heavy atom. The molecule has 0 saturated carbocycles. The van der Waals surface area contributed by atoms with E-state index in [4.69, 9.17) is 0 Å². The first-order chi connectivity index (χ1) is 9.60. The summed E-state index contributed by atoms with van der Waals surface area (Å²) in [5.41, 5.74) is 2.57. The molecular formula is C18H18O2. The molecule has 20 heavy (non-hydrogen) atoms. The molecule has 102 valence electrons. The predicted octanol–water partition coefficient (Wildman–Crippen LogP) is 2.05. The van der Waals surface area contributed by atoms with Crippen LogP contribution in [0.5, 0.6) is 0 Å². The highest BCUT2D eigenvalue weighted by Crippen LogP contribution is 2.44. The quantitative estimate of drug-likeness (QED) is 0.829. The highest BCUT2D eigenvalue weighted by atomic mass is 16.4. The van der Waals surface area contributed by atoms with Crippen molar-refractivity contribution in [2.24, 2.45) is 0 Å². The van der Waals surface area contributed by atoms with Gasteiger partial charge in [0.1, 0.15) is 11.2 Å². The van der Waals surface area contributed by atoms with E-state index in [1.807, 2.05) is 24.3 Å². The van der Waals surface area contributed by atoms with Gasteiger partial charge in [-0.05, 0) is 22.3 Å². The average molecular weight is 266 g/mol. The number of fused-ring (bicyclic) bond motifs is 2. The van der Waals surface area contributed by atoms with Crippen LogP contribution in [0.2, 0.25) is 0 Å². The lowest BCUT2D eigenvalue weighted by Crippen LogP contribution is -2.56. The third-order valence-corrected chi connectivity index (χ3v) is 5.03. The van der Waals surface area contributed by atoms with Gasteiger partial charge in [0.05, 0.1) is 0 Å². The van der Waals surface area contributed by atoms with E-state index in [0.717, 1.165) is 0 Å². The maximum absolute atomic E-state index is 11.1. The van der Waals surface area contributed by atoms with Crippen molar-refractivity contribution in [3.63, 3.8) is 0 Å². The van der Waals surface area contributed by atoms with Crippen molar-refractivity contribution >= 4 is 0 Å². The molecule has 0 fully saturated rings. The molecule has 2 aromatic rings. The Morgan fingerprint density at radius 3 is 1.05 bits per heavy atom. The van der Waals surface area contributed by atoms with Crippen molar-refractivity contribution in [3.8, 4) is 0 Å². The van der Waals surface area contributed by atoms with Crippen molar-refractivity contribution < 1.29 is 10.2 Å².